The van der Waals surface area contributed by atoms with Crippen molar-refractivity contribution in [3.63, 3.8) is 0 Å². The van der Waals surface area contributed by atoms with Gasteiger partial charge < -0.3 is 5.73 Å². The summed E-state index contributed by atoms with van der Waals surface area (Å²) in [4.78, 5) is 0. The highest BCUT2D eigenvalue weighted by Gasteiger charge is 2.19. The van der Waals surface area contributed by atoms with Gasteiger partial charge in [0.25, 0.3) is 0 Å². The number of nitrogen functional groups attached to an aromatic ring is 1. The molecule has 0 fully saturated rings. The van der Waals surface area contributed by atoms with Crippen LogP contribution in [-0.2, 0) is 21.2 Å². The zero-order valence-electron chi connectivity index (χ0n) is 11.7. The second-order valence-electron chi connectivity index (χ2n) is 5.71. The number of hydrogen-bond acceptors (Lipinski definition) is 3. The maximum absolute atomic E-state index is 11.8. The van der Waals surface area contributed by atoms with Crippen LogP contribution >= 0.6 is 0 Å². The Hall–Kier alpha value is -1.07. The summed E-state index contributed by atoms with van der Waals surface area (Å²) in [6, 6.07) is 5.50. The molecule has 5 heteroatoms. The van der Waals surface area contributed by atoms with Crippen molar-refractivity contribution in [1.29, 1.82) is 0 Å². The van der Waals surface area contributed by atoms with Crippen LogP contribution in [0.4, 0.5) is 5.69 Å². The number of benzene rings is 1. The zero-order chi connectivity index (χ0) is 14.1. The van der Waals surface area contributed by atoms with E-state index >= 15 is 0 Å². The van der Waals surface area contributed by atoms with Crippen LogP contribution in [0.2, 0.25) is 0 Å². The van der Waals surface area contributed by atoms with Gasteiger partial charge in [0.15, 0.2) is 0 Å². The largest absolute Gasteiger partial charge is 0.398 e. The Kier molecular flexibility index (Phi) is 4.08. The van der Waals surface area contributed by atoms with Gasteiger partial charge in [-0.15, -0.1) is 0 Å². The van der Waals surface area contributed by atoms with Crippen LogP contribution in [0.15, 0.2) is 18.2 Å². The van der Waals surface area contributed by atoms with Crippen molar-refractivity contribution in [2.75, 3.05) is 19.8 Å². The minimum Gasteiger partial charge on any atom is -0.398 e. The summed E-state index contributed by atoms with van der Waals surface area (Å²) in [5.74, 6) is -0.0192. The topological polar surface area (TPSA) is 63.4 Å². The summed E-state index contributed by atoms with van der Waals surface area (Å²) in [5.41, 5.74) is 8.36. The fraction of sp³-hybridized carbons (Fsp3) is 0.538. The molecule has 0 heterocycles. The molecule has 0 spiro atoms. The molecule has 0 amide bonds. The number of rotatable bonds is 3. The van der Waals surface area contributed by atoms with Gasteiger partial charge in [-0.3, -0.25) is 0 Å². The second kappa shape index (κ2) is 4.90. The highest BCUT2D eigenvalue weighted by molar-refractivity contribution is 7.88. The summed E-state index contributed by atoms with van der Waals surface area (Å²) in [5, 5.41) is 0. The fourth-order valence-electron chi connectivity index (χ4n) is 1.72. The van der Waals surface area contributed by atoms with E-state index in [1.165, 1.54) is 18.4 Å². The van der Waals surface area contributed by atoms with Gasteiger partial charge in [-0.25, -0.2) is 12.7 Å². The van der Waals surface area contributed by atoms with Crippen molar-refractivity contribution < 1.29 is 8.42 Å². The predicted octanol–water partition coefficient (Wildman–Crippen LogP) is 1.96. The molecule has 0 unspecified atom stereocenters. The molecule has 102 valence electrons. The Morgan fingerprint density at radius 3 is 2.17 bits per heavy atom. The molecular formula is C13H22N2O2S. The Morgan fingerprint density at radius 1 is 1.22 bits per heavy atom. The van der Waals surface area contributed by atoms with E-state index in [-0.39, 0.29) is 11.2 Å². The molecule has 0 saturated heterocycles. The molecule has 0 aliphatic rings. The van der Waals surface area contributed by atoms with Gasteiger partial charge in [0, 0.05) is 19.8 Å². The molecule has 1 aromatic rings. The SMILES string of the molecule is CN(C)S(=O)(=O)Cc1ccc(C(C)(C)C)c(N)c1. The average Bonchev–Trinajstić information content (AvgIpc) is 2.14. The van der Waals surface area contributed by atoms with Crippen molar-refractivity contribution in [2.24, 2.45) is 0 Å². The number of hydrogen-bond donors (Lipinski definition) is 1. The number of nitrogens with two attached hydrogens (primary N) is 1. The fourth-order valence-corrected chi connectivity index (χ4v) is 2.58. The lowest BCUT2D eigenvalue weighted by Gasteiger charge is -2.22. The molecule has 18 heavy (non-hydrogen) atoms. The van der Waals surface area contributed by atoms with Crippen molar-refractivity contribution >= 4 is 15.7 Å². The summed E-state index contributed by atoms with van der Waals surface area (Å²) < 4.78 is 24.8. The Bertz CT molecular complexity index is 528. The molecule has 1 aromatic carbocycles. The van der Waals surface area contributed by atoms with Crippen LogP contribution in [0.1, 0.15) is 31.9 Å². The van der Waals surface area contributed by atoms with E-state index in [4.69, 9.17) is 5.73 Å². The highest BCUT2D eigenvalue weighted by atomic mass is 32.2. The first-order valence-corrected chi connectivity index (χ1v) is 7.44. The summed E-state index contributed by atoms with van der Waals surface area (Å²) >= 11 is 0. The van der Waals surface area contributed by atoms with Crippen molar-refractivity contribution in [2.45, 2.75) is 31.9 Å². The van der Waals surface area contributed by atoms with Gasteiger partial charge in [-0.05, 0) is 22.6 Å². The average molecular weight is 270 g/mol. The molecule has 2 N–H and O–H groups in total. The van der Waals surface area contributed by atoms with Gasteiger partial charge in [0.2, 0.25) is 10.0 Å². The molecule has 0 atom stereocenters. The number of sulfonamides is 1. The third-order valence-corrected chi connectivity index (χ3v) is 4.64. The van der Waals surface area contributed by atoms with Crippen molar-refractivity contribution in [3.8, 4) is 0 Å². The van der Waals surface area contributed by atoms with Gasteiger partial charge in [0.1, 0.15) is 0 Å². The summed E-state index contributed by atoms with van der Waals surface area (Å²) in [6.45, 7) is 6.23. The Balaban J connectivity index is 3.07. The molecule has 0 aliphatic carbocycles. The first-order valence-electron chi connectivity index (χ1n) is 5.83. The Morgan fingerprint density at radius 2 is 1.78 bits per heavy atom. The number of anilines is 1. The second-order valence-corrected chi connectivity index (χ2v) is 7.89. The van der Waals surface area contributed by atoms with Crippen LogP contribution in [0.5, 0.6) is 0 Å². The monoisotopic (exact) mass is 270 g/mol. The van der Waals surface area contributed by atoms with E-state index < -0.39 is 10.0 Å². The van der Waals surface area contributed by atoms with E-state index in [9.17, 15) is 8.42 Å². The van der Waals surface area contributed by atoms with E-state index in [1.54, 1.807) is 6.07 Å². The van der Waals surface area contributed by atoms with Gasteiger partial charge in [-0.2, -0.15) is 0 Å². The quantitative estimate of drug-likeness (QED) is 0.854. The molecule has 0 aliphatic heterocycles. The molecule has 0 aromatic heterocycles. The third kappa shape index (κ3) is 3.46. The molecule has 1 rings (SSSR count). The van der Waals surface area contributed by atoms with Crippen LogP contribution in [0.3, 0.4) is 0 Å². The number of nitrogens with zero attached hydrogens (tertiary/aromatic N) is 1. The van der Waals surface area contributed by atoms with Gasteiger partial charge in [0.05, 0.1) is 5.75 Å². The van der Waals surface area contributed by atoms with Crippen LogP contribution in [0, 0.1) is 0 Å². The highest BCUT2D eigenvalue weighted by Crippen LogP contribution is 2.28. The minimum absolute atomic E-state index is 0.0192. The maximum Gasteiger partial charge on any atom is 0.217 e. The van der Waals surface area contributed by atoms with E-state index in [2.05, 4.69) is 20.8 Å². The van der Waals surface area contributed by atoms with E-state index in [0.29, 0.717) is 11.3 Å². The van der Waals surface area contributed by atoms with Crippen LogP contribution in [-0.4, -0.2) is 26.8 Å². The minimum atomic E-state index is -3.24. The lowest BCUT2D eigenvalue weighted by atomic mass is 9.85. The van der Waals surface area contributed by atoms with Crippen molar-refractivity contribution in [3.05, 3.63) is 29.3 Å². The molecule has 0 radical (unpaired) electrons. The van der Waals surface area contributed by atoms with Crippen LogP contribution in [0.25, 0.3) is 0 Å². The molecular weight excluding hydrogens is 248 g/mol. The molecule has 0 bridgehead atoms. The predicted molar refractivity (Wildman–Crippen MR) is 75.9 cm³/mol. The van der Waals surface area contributed by atoms with Gasteiger partial charge >= 0.3 is 0 Å². The summed E-state index contributed by atoms with van der Waals surface area (Å²) in [6.07, 6.45) is 0. The van der Waals surface area contributed by atoms with Crippen molar-refractivity contribution in [1.82, 2.24) is 4.31 Å². The molecule has 4 nitrogen and oxygen atoms in total. The third-order valence-electron chi connectivity index (χ3n) is 2.83. The van der Waals surface area contributed by atoms with Gasteiger partial charge in [-0.1, -0.05) is 32.9 Å². The summed E-state index contributed by atoms with van der Waals surface area (Å²) in [7, 11) is -0.179. The normalized spacial score (nSPS) is 13.0. The smallest absolute Gasteiger partial charge is 0.217 e. The Labute approximate surface area is 110 Å². The van der Waals surface area contributed by atoms with E-state index in [1.807, 2.05) is 12.1 Å². The zero-order valence-corrected chi connectivity index (χ0v) is 12.5. The first kappa shape index (κ1) is 15.0. The van der Waals surface area contributed by atoms with E-state index in [0.717, 1.165) is 5.56 Å². The standard InChI is InChI=1S/C13H22N2O2S/c1-13(2,3)11-7-6-10(8-12(11)14)9-18(16,17)15(4)5/h6-8H,9,14H2,1-5H3. The molecule has 0 saturated carbocycles. The lowest BCUT2D eigenvalue weighted by molar-refractivity contribution is 0.519. The first-order chi connectivity index (χ1) is 8.04. The lowest BCUT2D eigenvalue weighted by Crippen LogP contribution is -2.24. The maximum atomic E-state index is 11.8. The van der Waals surface area contributed by atoms with Crippen LogP contribution < -0.4 is 5.73 Å².